The van der Waals surface area contributed by atoms with E-state index in [4.69, 9.17) is 23.2 Å². The van der Waals surface area contributed by atoms with Crippen LogP contribution in [0, 0.1) is 0 Å². The fourth-order valence-electron chi connectivity index (χ4n) is 3.66. The molecule has 4 nitrogen and oxygen atoms in total. The number of alkyl halides is 2. The minimum atomic E-state index is -3.57. The summed E-state index contributed by atoms with van der Waals surface area (Å²) in [6.45, 7) is 0. The first kappa shape index (κ1) is 27.7. The zero-order valence-electron chi connectivity index (χ0n) is 19.6. The molecule has 37 heavy (non-hydrogen) atoms. The third kappa shape index (κ3) is 7.39. The molecule has 4 rings (SSSR count). The Morgan fingerprint density at radius 1 is 0.514 bits per heavy atom. The molecule has 0 spiro atoms. The lowest BCUT2D eigenvalue weighted by Crippen LogP contribution is -2.11. The lowest BCUT2D eigenvalue weighted by molar-refractivity contribution is 0.593. The van der Waals surface area contributed by atoms with Gasteiger partial charge in [0.05, 0.1) is 32.1 Å². The van der Waals surface area contributed by atoms with Crippen LogP contribution in [-0.4, -0.2) is 28.3 Å². The third-order valence-corrected chi connectivity index (χ3v) is 11.4. The molecule has 0 saturated heterocycles. The van der Waals surface area contributed by atoms with Gasteiger partial charge in [-0.15, -0.1) is 23.2 Å². The van der Waals surface area contributed by atoms with E-state index in [-0.39, 0.29) is 21.3 Å². The van der Waals surface area contributed by atoms with Gasteiger partial charge in [-0.3, -0.25) is 0 Å². The van der Waals surface area contributed by atoms with E-state index in [1.807, 2.05) is 36.4 Å². The normalized spacial score (nSPS) is 13.7. The van der Waals surface area contributed by atoms with Gasteiger partial charge in [-0.05, 0) is 59.7 Å². The molecule has 9 heteroatoms. The number of sulfone groups is 2. The molecule has 0 amide bonds. The molecule has 4 aromatic rings. The Morgan fingerprint density at radius 2 is 0.838 bits per heavy atom. The largest absolute Gasteiger partial charge is 0.224 e. The van der Waals surface area contributed by atoms with Gasteiger partial charge in [0.15, 0.2) is 19.7 Å². The predicted molar refractivity (Wildman–Crippen MR) is 151 cm³/mol. The maximum atomic E-state index is 12.8. The monoisotopic (exact) mass is 590 g/mol. The van der Waals surface area contributed by atoms with Crippen LogP contribution in [0.3, 0.4) is 0 Å². The molecule has 0 aliphatic heterocycles. The lowest BCUT2D eigenvalue weighted by atomic mass is 10.2. The first-order valence-corrected chi connectivity index (χ1v) is 16.3. The van der Waals surface area contributed by atoms with Crippen LogP contribution in [-0.2, 0) is 19.7 Å². The Balaban J connectivity index is 1.39. The highest BCUT2D eigenvalue weighted by molar-refractivity contribution is 7.99. The van der Waals surface area contributed by atoms with Crippen molar-refractivity contribution in [2.24, 2.45) is 0 Å². The maximum absolute atomic E-state index is 12.8. The topological polar surface area (TPSA) is 68.3 Å². The van der Waals surface area contributed by atoms with Gasteiger partial charge in [0.2, 0.25) is 0 Å². The van der Waals surface area contributed by atoms with Crippen molar-refractivity contribution in [1.82, 2.24) is 0 Å². The average molecular weight is 592 g/mol. The van der Waals surface area contributed by atoms with Gasteiger partial charge in [-0.25, -0.2) is 16.8 Å². The van der Waals surface area contributed by atoms with Crippen molar-refractivity contribution >= 4 is 54.6 Å². The summed E-state index contributed by atoms with van der Waals surface area (Å²) in [5.41, 5.74) is 1.51. The SMILES string of the molecule is O=S(=O)(CC(Cl)c1ccccc1)c1ccc(Sc2ccc(S(=O)(=O)CC(Cl)c3ccccc3)cc2)cc1. The third-order valence-electron chi connectivity index (χ3n) is 5.66. The van der Waals surface area contributed by atoms with Crippen LogP contribution in [0.1, 0.15) is 21.9 Å². The van der Waals surface area contributed by atoms with Crippen molar-refractivity contribution in [1.29, 1.82) is 0 Å². The van der Waals surface area contributed by atoms with E-state index in [2.05, 4.69) is 0 Å². The zero-order chi connectivity index (χ0) is 26.5. The van der Waals surface area contributed by atoms with Crippen LogP contribution in [0.4, 0.5) is 0 Å². The second-order valence-electron chi connectivity index (χ2n) is 8.36. The van der Waals surface area contributed by atoms with Gasteiger partial charge in [0.25, 0.3) is 0 Å². The Hall–Kier alpha value is -2.29. The van der Waals surface area contributed by atoms with Crippen LogP contribution in [0.15, 0.2) is 129 Å². The minimum Gasteiger partial charge on any atom is -0.224 e. The van der Waals surface area contributed by atoms with E-state index in [0.29, 0.717) is 0 Å². The second kappa shape index (κ2) is 12.0. The van der Waals surface area contributed by atoms with Crippen LogP contribution in [0.2, 0.25) is 0 Å². The highest BCUT2D eigenvalue weighted by Gasteiger charge is 2.22. The molecule has 0 N–H and O–H groups in total. The standard InChI is InChI=1S/C28H24Cl2O4S3/c29-27(21-7-3-1-4-8-21)19-36(31,32)25-15-11-23(12-16-25)35-24-13-17-26(18-14-24)37(33,34)20-28(30)22-9-5-2-6-10-22/h1-18,27-28H,19-20H2. The quantitative estimate of drug-likeness (QED) is 0.181. The molecule has 0 aliphatic rings. The minimum absolute atomic E-state index is 0.200. The molecule has 2 unspecified atom stereocenters. The van der Waals surface area contributed by atoms with Gasteiger partial charge >= 0.3 is 0 Å². The fraction of sp³-hybridized carbons (Fsp3) is 0.143. The smallest absolute Gasteiger partial charge is 0.180 e. The van der Waals surface area contributed by atoms with Gasteiger partial charge in [-0.2, -0.15) is 0 Å². The van der Waals surface area contributed by atoms with Crippen molar-refractivity contribution < 1.29 is 16.8 Å². The zero-order valence-corrected chi connectivity index (χ0v) is 23.5. The molecular weight excluding hydrogens is 567 g/mol. The number of rotatable bonds is 10. The molecule has 0 fully saturated rings. The summed E-state index contributed by atoms with van der Waals surface area (Å²) in [6.07, 6.45) is 0. The summed E-state index contributed by atoms with van der Waals surface area (Å²) in [6, 6.07) is 31.4. The Labute approximate surface area is 232 Å². The molecule has 2 atom stereocenters. The van der Waals surface area contributed by atoms with Crippen LogP contribution < -0.4 is 0 Å². The van der Waals surface area contributed by atoms with Crippen molar-refractivity contribution in [2.75, 3.05) is 11.5 Å². The molecule has 0 bridgehead atoms. The van der Waals surface area contributed by atoms with Gasteiger partial charge in [-0.1, -0.05) is 72.4 Å². The Kier molecular flexibility index (Phi) is 9.03. The van der Waals surface area contributed by atoms with Gasteiger partial charge in [0.1, 0.15) is 0 Å². The molecule has 192 valence electrons. The van der Waals surface area contributed by atoms with Crippen molar-refractivity contribution in [3.05, 3.63) is 120 Å². The highest BCUT2D eigenvalue weighted by Crippen LogP contribution is 2.32. The number of benzene rings is 4. The Bertz CT molecular complexity index is 1410. The summed E-state index contributed by atoms with van der Waals surface area (Å²) in [7, 11) is -7.14. The number of hydrogen-bond acceptors (Lipinski definition) is 5. The van der Waals surface area contributed by atoms with Crippen molar-refractivity contribution in [3.63, 3.8) is 0 Å². The van der Waals surface area contributed by atoms with Crippen molar-refractivity contribution in [3.8, 4) is 0 Å². The summed E-state index contributed by atoms with van der Waals surface area (Å²) >= 11 is 14.1. The van der Waals surface area contributed by atoms with Gasteiger partial charge in [0, 0.05) is 9.79 Å². The average Bonchev–Trinajstić information content (AvgIpc) is 2.90. The molecule has 0 aliphatic carbocycles. The van der Waals surface area contributed by atoms with E-state index < -0.39 is 30.4 Å². The van der Waals surface area contributed by atoms with Crippen LogP contribution in [0.25, 0.3) is 0 Å². The van der Waals surface area contributed by atoms with Gasteiger partial charge < -0.3 is 0 Å². The first-order valence-electron chi connectivity index (χ1n) is 11.4. The van der Waals surface area contributed by atoms with E-state index in [0.717, 1.165) is 20.9 Å². The van der Waals surface area contributed by atoms with Crippen molar-refractivity contribution in [2.45, 2.75) is 30.3 Å². The first-order chi connectivity index (χ1) is 17.6. The second-order valence-corrected chi connectivity index (χ2v) is 14.6. The maximum Gasteiger partial charge on any atom is 0.180 e. The van der Waals surface area contributed by atoms with Crippen LogP contribution in [0.5, 0.6) is 0 Å². The molecule has 0 radical (unpaired) electrons. The van der Waals surface area contributed by atoms with E-state index >= 15 is 0 Å². The van der Waals surface area contributed by atoms with E-state index in [1.165, 1.54) is 11.8 Å². The molecule has 4 aromatic carbocycles. The molecular formula is C28H24Cl2O4S3. The number of halogens is 2. The molecule has 0 heterocycles. The Morgan fingerprint density at radius 3 is 1.16 bits per heavy atom. The molecule has 0 aromatic heterocycles. The predicted octanol–water partition coefficient (Wildman–Crippen LogP) is 7.35. The fourth-order valence-corrected chi connectivity index (χ4v) is 8.40. The van der Waals surface area contributed by atoms with E-state index in [1.54, 1.807) is 72.8 Å². The number of hydrogen-bond donors (Lipinski definition) is 0. The summed E-state index contributed by atoms with van der Waals surface area (Å²) in [5.74, 6) is -0.400. The summed E-state index contributed by atoms with van der Waals surface area (Å²) in [4.78, 5) is 2.05. The lowest BCUT2D eigenvalue weighted by Gasteiger charge is -2.12. The molecule has 0 saturated carbocycles. The van der Waals surface area contributed by atoms with Crippen LogP contribution >= 0.6 is 35.0 Å². The van der Waals surface area contributed by atoms with E-state index in [9.17, 15) is 16.8 Å². The highest BCUT2D eigenvalue weighted by atomic mass is 35.5. The summed E-state index contributed by atoms with van der Waals surface area (Å²) < 4.78 is 51.3. The summed E-state index contributed by atoms with van der Waals surface area (Å²) in [5, 5.41) is -1.28.